The first kappa shape index (κ1) is 19.5. The summed E-state index contributed by atoms with van der Waals surface area (Å²) in [7, 11) is 0. The third-order valence-electron chi connectivity index (χ3n) is 4.71. The molecule has 1 fully saturated rings. The van der Waals surface area contributed by atoms with Crippen molar-refractivity contribution in [1.29, 1.82) is 0 Å². The number of hydrogen-bond donors (Lipinski definition) is 1. The molecular weight excluding hydrogens is 354 g/mol. The van der Waals surface area contributed by atoms with Gasteiger partial charge < -0.3 is 0 Å². The molecule has 1 unspecified atom stereocenters. The lowest BCUT2D eigenvalue weighted by Gasteiger charge is -2.30. The van der Waals surface area contributed by atoms with E-state index in [0.717, 1.165) is 16.0 Å². The highest BCUT2D eigenvalue weighted by Crippen LogP contribution is 2.22. The highest BCUT2D eigenvalue weighted by atomic mass is 16.2. The highest BCUT2D eigenvalue weighted by Gasteiger charge is 2.43. The van der Waals surface area contributed by atoms with Gasteiger partial charge in [0.1, 0.15) is 0 Å². The molecule has 0 spiro atoms. The molecule has 1 heterocycles. The molecule has 1 aliphatic heterocycles. The summed E-state index contributed by atoms with van der Waals surface area (Å²) in [5, 5.41) is 2.29. The number of aryl methyl sites for hydroxylation is 1. The SMILES string of the molecule is CCC(=NCCc1ccccc1)C1C(=O)NC(=O)N(c2ccc(C)cc2)C1=O. The lowest BCUT2D eigenvalue weighted by molar-refractivity contribution is -0.131. The molecule has 1 atom stereocenters. The van der Waals surface area contributed by atoms with E-state index in [9.17, 15) is 14.4 Å². The smallest absolute Gasteiger partial charge is 0.292 e. The van der Waals surface area contributed by atoms with E-state index in [1.807, 2.05) is 56.3 Å². The molecule has 4 amide bonds. The number of benzene rings is 2. The Morgan fingerprint density at radius 1 is 1.04 bits per heavy atom. The van der Waals surface area contributed by atoms with Crippen molar-refractivity contribution in [2.45, 2.75) is 26.7 Å². The quantitative estimate of drug-likeness (QED) is 0.620. The van der Waals surface area contributed by atoms with Crippen molar-refractivity contribution in [2.24, 2.45) is 10.9 Å². The van der Waals surface area contributed by atoms with Crippen LogP contribution in [0.15, 0.2) is 59.6 Å². The number of imide groups is 2. The summed E-state index contributed by atoms with van der Waals surface area (Å²) in [6.45, 7) is 4.25. The van der Waals surface area contributed by atoms with Gasteiger partial charge >= 0.3 is 6.03 Å². The van der Waals surface area contributed by atoms with E-state index in [1.165, 1.54) is 0 Å². The van der Waals surface area contributed by atoms with Crippen LogP contribution in [0, 0.1) is 12.8 Å². The van der Waals surface area contributed by atoms with Gasteiger partial charge in [0.05, 0.1) is 5.69 Å². The third-order valence-corrected chi connectivity index (χ3v) is 4.71. The van der Waals surface area contributed by atoms with Gasteiger partial charge in [-0.25, -0.2) is 9.69 Å². The molecule has 3 rings (SSSR count). The Morgan fingerprint density at radius 3 is 2.36 bits per heavy atom. The van der Waals surface area contributed by atoms with Crippen LogP contribution < -0.4 is 10.2 Å². The molecule has 144 valence electrons. The van der Waals surface area contributed by atoms with E-state index in [-0.39, 0.29) is 0 Å². The summed E-state index contributed by atoms with van der Waals surface area (Å²) in [4.78, 5) is 43.3. The van der Waals surface area contributed by atoms with E-state index in [0.29, 0.717) is 30.8 Å². The maximum atomic E-state index is 13.0. The van der Waals surface area contributed by atoms with Gasteiger partial charge in [-0.3, -0.25) is 19.9 Å². The number of aliphatic imine (C=N–C) groups is 1. The second-order valence-corrected chi connectivity index (χ2v) is 6.70. The van der Waals surface area contributed by atoms with Crippen LogP contribution in [-0.4, -0.2) is 30.1 Å². The summed E-state index contributed by atoms with van der Waals surface area (Å²) in [5.41, 5.74) is 3.07. The summed E-state index contributed by atoms with van der Waals surface area (Å²) in [5.74, 6) is -2.25. The lowest BCUT2D eigenvalue weighted by atomic mass is 9.96. The molecule has 28 heavy (non-hydrogen) atoms. The van der Waals surface area contributed by atoms with Crippen molar-refractivity contribution in [1.82, 2.24) is 5.32 Å². The van der Waals surface area contributed by atoms with Gasteiger partial charge in [-0.1, -0.05) is 55.0 Å². The fourth-order valence-corrected chi connectivity index (χ4v) is 3.19. The Kier molecular flexibility index (Phi) is 5.99. The van der Waals surface area contributed by atoms with Gasteiger partial charge in [-0.15, -0.1) is 0 Å². The molecule has 2 aromatic rings. The summed E-state index contributed by atoms with van der Waals surface area (Å²) < 4.78 is 0. The van der Waals surface area contributed by atoms with Gasteiger partial charge in [0.15, 0.2) is 5.92 Å². The number of nitrogens with zero attached hydrogens (tertiary/aromatic N) is 2. The van der Waals surface area contributed by atoms with Crippen LogP contribution in [0.3, 0.4) is 0 Å². The van der Waals surface area contributed by atoms with E-state index < -0.39 is 23.8 Å². The first-order valence-corrected chi connectivity index (χ1v) is 9.34. The van der Waals surface area contributed by atoms with Crippen LogP contribution in [0.2, 0.25) is 0 Å². The maximum absolute atomic E-state index is 13.0. The molecule has 6 heteroatoms. The minimum Gasteiger partial charge on any atom is -0.292 e. The Morgan fingerprint density at radius 2 is 1.71 bits per heavy atom. The molecule has 0 saturated carbocycles. The van der Waals surface area contributed by atoms with Crippen molar-refractivity contribution in [3.63, 3.8) is 0 Å². The Bertz CT molecular complexity index is 904. The largest absolute Gasteiger partial charge is 0.335 e. The van der Waals surface area contributed by atoms with Crippen LogP contribution in [-0.2, 0) is 16.0 Å². The molecule has 1 saturated heterocycles. The van der Waals surface area contributed by atoms with Crippen LogP contribution in [0.25, 0.3) is 0 Å². The third kappa shape index (κ3) is 4.17. The van der Waals surface area contributed by atoms with Crippen LogP contribution in [0.4, 0.5) is 10.5 Å². The topological polar surface area (TPSA) is 78.8 Å². The molecule has 1 aliphatic rings. The standard InChI is InChI=1S/C22H23N3O3/c1-3-18(23-14-13-16-7-5-4-6-8-16)19-20(26)24-22(28)25(21(19)27)17-11-9-15(2)10-12-17/h4-12,19H,3,13-14H2,1-2H3,(H,24,26,28). The molecular formula is C22H23N3O3. The zero-order valence-electron chi connectivity index (χ0n) is 16.0. The highest BCUT2D eigenvalue weighted by molar-refractivity contribution is 6.35. The molecule has 0 aromatic heterocycles. The molecule has 2 aromatic carbocycles. The number of nitrogens with one attached hydrogen (secondary N) is 1. The van der Waals surface area contributed by atoms with Gasteiger partial charge in [0.2, 0.25) is 5.91 Å². The number of urea groups is 1. The summed E-state index contributed by atoms with van der Waals surface area (Å²) in [6, 6.07) is 16.2. The van der Waals surface area contributed by atoms with Crippen LogP contribution in [0.5, 0.6) is 0 Å². The molecule has 0 radical (unpaired) electrons. The normalized spacial score (nSPS) is 17.6. The Hall–Kier alpha value is -3.28. The second-order valence-electron chi connectivity index (χ2n) is 6.70. The van der Waals surface area contributed by atoms with Crippen LogP contribution >= 0.6 is 0 Å². The molecule has 1 N–H and O–H groups in total. The van der Waals surface area contributed by atoms with Crippen molar-refractivity contribution in [3.8, 4) is 0 Å². The van der Waals surface area contributed by atoms with Gasteiger partial charge in [0, 0.05) is 12.3 Å². The van der Waals surface area contributed by atoms with Crippen molar-refractivity contribution < 1.29 is 14.4 Å². The maximum Gasteiger partial charge on any atom is 0.335 e. The zero-order chi connectivity index (χ0) is 20.1. The molecule has 6 nitrogen and oxygen atoms in total. The number of amides is 4. The van der Waals surface area contributed by atoms with Gasteiger partial charge in [-0.05, 0) is 37.5 Å². The lowest BCUT2D eigenvalue weighted by Crippen LogP contribution is -2.60. The Labute approximate surface area is 164 Å². The molecule has 0 aliphatic carbocycles. The van der Waals surface area contributed by atoms with Crippen molar-refractivity contribution in [2.75, 3.05) is 11.4 Å². The first-order chi connectivity index (χ1) is 13.5. The number of carbonyl (C=O) groups is 3. The fourth-order valence-electron chi connectivity index (χ4n) is 3.19. The average molecular weight is 377 g/mol. The number of barbiturate groups is 1. The monoisotopic (exact) mass is 377 g/mol. The van der Waals surface area contributed by atoms with E-state index in [2.05, 4.69) is 10.3 Å². The van der Waals surface area contributed by atoms with E-state index in [4.69, 9.17) is 0 Å². The van der Waals surface area contributed by atoms with Crippen molar-refractivity contribution in [3.05, 3.63) is 65.7 Å². The fraction of sp³-hybridized carbons (Fsp3) is 0.273. The zero-order valence-corrected chi connectivity index (χ0v) is 16.0. The number of anilines is 1. The van der Waals surface area contributed by atoms with Crippen molar-refractivity contribution >= 4 is 29.2 Å². The predicted molar refractivity (Wildman–Crippen MR) is 108 cm³/mol. The summed E-state index contributed by atoms with van der Waals surface area (Å²) >= 11 is 0. The second kappa shape index (κ2) is 8.61. The minimum absolute atomic E-state index is 0.435. The number of rotatable bonds is 6. The van der Waals surface area contributed by atoms with E-state index >= 15 is 0 Å². The first-order valence-electron chi connectivity index (χ1n) is 9.34. The number of hydrogen-bond acceptors (Lipinski definition) is 4. The Balaban J connectivity index is 1.82. The van der Waals surface area contributed by atoms with Crippen LogP contribution in [0.1, 0.15) is 24.5 Å². The predicted octanol–water partition coefficient (Wildman–Crippen LogP) is 3.29. The number of carbonyl (C=O) groups excluding carboxylic acids is 3. The average Bonchev–Trinajstić information content (AvgIpc) is 2.68. The molecule has 0 bridgehead atoms. The van der Waals surface area contributed by atoms with Gasteiger partial charge in [-0.2, -0.15) is 0 Å². The van der Waals surface area contributed by atoms with Gasteiger partial charge in [0.25, 0.3) is 5.91 Å². The van der Waals surface area contributed by atoms with E-state index in [1.54, 1.807) is 12.1 Å². The minimum atomic E-state index is -1.08. The summed E-state index contributed by atoms with van der Waals surface area (Å²) in [6.07, 6.45) is 1.17.